The van der Waals surface area contributed by atoms with Crippen LogP contribution in [-0.2, 0) is 0 Å². The molecule has 0 fully saturated rings. The standard InChI is InChI=1S/C17H12FIN4/c18-13-5-1-12(2-6-13)16-9-15(11-3-7-14(19)8-4-11)22-17-20-10-21-23(16)17/h1-10,16H,(H,20,21,22)/t16-/m1/s1. The van der Waals surface area contributed by atoms with E-state index in [1.54, 1.807) is 16.8 Å². The maximum atomic E-state index is 13.2. The molecule has 0 spiro atoms. The normalized spacial score (nSPS) is 16.4. The van der Waals surface area contributed by atoms with Crippen molar-refractivity contribution in [3.05, 3.63) is 81.4 Å². The number of hydrogen-bond donors (Lipinski definition) is 1. The summed E-state index contributed by atoms with van der Waals surface area (Å²) in [5.41, 5.74) is 3.01. The van der Waals surface area contributed by atoms with Crippen molar-refractivity contribution < 1.29 is 4.39 Å². The van der Waals surface area contributed by atoms with E-state index < -0.39 is 0 Å². The number of aromatic nitrogens is 3. The molecule has 6 heteroatoms. The fraction of sp³-hybridized carbons (Fsp3) is 0.0588. The zero-order valence-electron chi connectivity index (χ0n) is 11.9. The van der Waals surface area contributed by atoms with E-state index in [0.717, 1.165) is 16.8 Å². The van der Waals surface area contributed by atoms with Gasteiger partial charge in [-0.25, -0.2) is 9.07 Å². The molecule has 3 aromatic rings. The van der Waals surface area contributed by atoms with E-state index in [2.05, 4.69) is 68.3 Å². The van der Waals surface area contributed by atoms with Crippen LogP contribution in [0.25, 0.3) is 5.70 Å². The molecule has 114 valence electrons. The van der Waals surface area contributed by atoms with Gasteiger partial charge in [-0.05, 0) is 64.1 Å². The largest absolute Gasteiger partial charge is 0.324 e. The van der Waals surface area contributed by atoms with E-state index in [0.29, 0.717) is 5.95 Å². The van der Waals surface area contributed by atoms with Crippen molar-refractivity contribution in [1.82, 2.24) is 14.8 Å². The molecule has 0 saturated carbocycles. The van der Waals surface area contributed by atoms with Crippen LogP contribution in [0.15, 0.2) is 60.9 Å². The Morgan fingerprint density at radius 1 is 1.04 bits per heavy atom. The number of nitrogens with zero attached hydrogens (tertiary/aromatic N) is 3. The Morgan fingerprint density at radius 3 is 2.52 bits per heavy atom. The summed E-state index contributed by atoms with van der Waals surface area (Å²) < 4.78 is 16.2. The molecule has 1 aliphatic rings. The maximum absolute atomic E-state index is 13.2. The average Bonchev–Trinajstić information content (AvgIpc) is 3.04. The van der Waals surface area contributed by atoms with E-state index in [1.165, 1.54) is 22.0 Å². The van der Waals surface area contributed by atoms with Gasteiger partial charge in [-0.2, -0.15) is 10.1 Å². The Kier molecular flexibility index (Phi) is 3.60. The van der Waals surface area contributed by atoms with Crippen LogP contribution in [-0.4, -0.2) is 14.8 Å². The summed E-state index contributed by atoms with van der Waals surface area (Å²) in [7, 11) is 0. The second kappa shape index (κ2) is 5.77. The van der Waals surface area contributed by atoms with E-state index in [-0.39, 0.29) is 11.9 Å². The smallest absolute Gasteiger partial charge is 0.226 e. The minimum atomic E-state index is -0.247. The lowest BCUT2D eigenvalue weighted by atomic mass is 10.0. The van der Waals surface area contributed by atoms with Crippen molar-refractivity contribution in [3.63, 3.8) is 0 Å². The monoisotopic (exact) mass is 418 g/mol. The minimum Gasteiger partial charge on any atom is -0.324 e. The van der Waals surface area contributed by atoms with Gasteiger partial charge in [0.05, 0.1) is 0 Å². The van der Waals surface area contributed by atoms with Crippen LogP contribution in [0, 0.1) is 9.39 Å². The molecule has 2 aromatic carbocycles. The summed E-state index contributed by atoms with van der Waals surface area (Å²) in [6, 6.07) is 14.6. The highest BCUT2D eigenvalue weighted by Crippen LogP contribution is 2.32. The van der Waals surface area contributed by atoms with E-state index in [9.17, 15) is 4.39 Å². The molecular formula is C17H12FIN4. The molecule has 0 saturated heterocycles. The molecule has 2 heterocycles. The molecule has 0 amide bonds. The van der Waals surface area contributed by atoms with Crippen molar-refractivity contribution in [3.8, 4) is 0 Å². The summed E-state index contributed by atoms with van der Waals surface area (Å²) in [6.07, 6.45) is 3.60. The lowest BCUT2D eigenvalue weighted by Gasteiger charge is -2.24. The van der Waals surface area contributed by atoms with Gasteiger partial charge in [-0.1, -0.05) is 24.3 Å². The van der Waals surface area contributed by atoms with Gasteiger partial charge >= 0.3 is 0 Å². The number of allylic oxidation sites excluding steroid dienone is 1. The van der Waals surface area contributed by atoms with Crippen LogP contribution in [0.3, 0.4) is 0 Å². The fourth-order valence-corrected chi connectivity index (χ4v) is 2.99. The van der Waals surface area contributed by atoms with E-state index >= 15 is 0 Å². The molecule has 23 heavy (non-hydrogen) atoms. The number of nitrogens with one attached hydrogen (secondary N) is 1. The summed E-state index contributed by atoms with van der Waals surface area (Å²) in [5.74, 6) is 0.429. The van der Waals surface area contributed by atoms with Crippen LogP contribution < -0.4 is 5.32 Å². The highest BCUT2D eigenvalue weighted by molar-refractivity contribution is 14.1. The van der Waals surface area contributed by atoms with Gasteiger partial charge in [0.15, 0.2) is 0 Å². The van der Waals surface area contributed by atoms with Crippen molar-refractivity contribution in [2.75, 3.05) is 5.32 Å². The number of halogens is 2. The van der Waals surface area contributed by atoms with Crippen molar-refractivity contribution in [1.29, 1.82) is 0 Å². The molecule has 4 nitrogen and oxygen atoms in total. The first-order chi connectivity index (χ1) is 11.2. The molecule has 1 atom stereocenters. The van der Waals surface area contributed by atoms with Gasteiger partial charge in [0.1, 0.15) is 18.2 Å². The Balaban J connectivity index is 1.79. The number of rotatable bonds is 2. The number of benzene rings is 2. The summed E-state index contributed by atoms with van der Waals surface area (Å²) in [4.78, 5) is 4.27. The van der Waals surface area contributed by atoms with Crippen molar-refractivity contribution in [2.24, 2.45) is 0 Å². The lowest BCUT2D eigenvalue weighted by Crippen LogP contribution is -2.20. The summed E-state index contributed by atoms with van der Waals surface area (Å²) in [5, 5.41) is 7.58. The summed E-state index contributed by atoms with van der Waals surface area (Å²) in [6.45, 7) is 0. The predicted octanol–water partition coefficient (Wildman–Crippen LogP) is 4.08. The first-order valence-electron chi connectivity index (χ1n) is 7.10. The highest BCUT2D eigenvalue weighted by Gasteiger charge is 2.23. The summed E-state index contributed by atoms with van der Waals surface area (Å²) >= 11 is 2.28. The SMILES string of the molecule is Fc1ccc([C@H]2C=C(c3ccc(I)cc3)Nc3ncnn32)cc1. The van der Waals surface area contributed by atoms with Crippen LogP contribution in [0.1, 0.15) is 17.2 Å². The molecule has 0 radical (unpaired) electrons. The van der Waals surface area contributed by atoms with E-state index in [4.69, 9.17) is 0 Å². The Bertz CT molecular complexity index is 868. The average molecular weight is 418 g/mol. The number of fused-ring (bicyclic) bond motifs is 1. The predicted molar refractivity (Wildman–Crippen MR) is 95.3 cm³/mol. The molecule has 0 unspecified atom stereocenters. The quantitative estimate of drug-likeness (QED) is 0.638. The van der Waals surface area contributed by atoms with Gasteiger partial charge in [0, 0.05) is 9.27 Å². The minimum absolute atomic E-state index is 0.122. The highest BCUT2D eigenvalue weighted by atomic mass is 127. The molecule has 4 rings (SSSR count). The third kappa shape index (κ3) is 2.74. The van der Waals surface area contributed by atoms with Gasteiger partial charge in [-0.15, -0.1) is 0 Å². The maximum Gasteiger partial charge on any atom is 0.226 e. The number of hydrogen-bond acceptors (Lipinski definition) is 3. The van der Waals surface area contributed by atoms with Crippen LogP contribution in [0.5, 0.6) is 0 Å². The Labute approximate surface area is 146 Å². The Hall–Kier alpha value is -2.22. The Morgan fingerprint density at radius 2 is 1.78 bits per heavy atom. The molecule has 1 N–H and O–H groups in total. The van der Waals surface area contributed by atoms with Gasteiger partial charge in [-0.3, -0.25) is 0 Å². The fourth-order valence-electron chi connectivity index (χ4n) is 2.63. The van der Waals surface area contributed by atoms with E-state index in [1.807, 2.05) is 0 Å². The zero-order valence-corrected chi connectivity index (χ0v) is 14.1. The van der Waals surface area contributed by atoms with Gasteiger partial charge in [0.25, 0.3) is 0 Å². The van der Waals surface area contributed by atoms with Crippen LogP contribution >= 0.6 is 22.6 Å². The third-order valence-corrected chi connectivity index (χ3v) is 4.49. The van der Waals surface area contributed by atoms with Crippen LogP contribution in [0.2, 0.25) is 0 Å². The topological polar surface area (TPSA) is 42.7 Å². The number of anilines is 1. The first kappa shape index (κ1) is 14.4. The molecule has 0 aliphatic carbocycles. The molecule has 1 aromatic heterocycles. The van der Waals surface area contributed by atoms with Crippen molar-refractivity contribution in [2.45, 2.75) is 6.04 Å². The molecule has 0 bridgehead atoms. The van der Waals surface area contributed by atoms with Gasteiger partial charge < -0.3 is 5.32 Å². The lowest BCUT2D eigenvalue weighted by molar-refractivity contribution is 0.603. The van der Waals surface area contributed by atoms with Crippen LogP contribution in [0.4, 0.5) is 10.3 Å². The molecule has 1 aliphatic heterocycles. The van der Waals surface area contributed by atoms with Gasteiger partial charge in [0.2, 0.25) is 5.95 Å². The second-order valence-corrected chi connectivity index (χ2v) is 6.48. The zero-order chi connectivity index (χ0) is 15.8. The first-order valence-corrected chi connectivity index (χ1v) is 8.18. The third-order valence-electron chi connectivity index (χ3n) is 3.77. The molecular weight excluding hydrogens is 406 g/mol. The van der Waals surface area contributed by atoms with Crippen molar-refractivity contribution >= 4 is 34.2 Å². The second-order valence-electron chi connectivity index (χ2n) is 5.24.